The van der Waals surface area contributed by atoms with Crippen LogP contribution in [0.4, 0.5) is 0 Å². The first kappa shape index (κ1) is 14.9. The number of carbonyl (C=O) groups is 2. The maximum absolute atomic E-state index is 12.6. The van der Waals surface area contributed by atoms with Crippen LogP contribution in [0.5, 0.6) is 0 Å². The van der Waals surface area contributed by atoms with Crippen LogP contribution < -0.4 is 0 Å². The summed E-state index contributed by atoms with van der Waals surface area (Å²) in [5.41, 5.74) is -0.102. The Balaban J connectivity index is 1.76. The summed E-state index contributed by atoms with van der Waals surface area (Å²) in [7, 11) is 1.73. The Morgan fingerprint density at radius 3 is 3.05 bits per heavy atom. The molecule has 7 heteroatoms. The first-order valence-corrected chi connectivity index (χ1v) is 7.25. The number of carbonyl (C=O) groups excluding carboxylic acids is 2. The highest BCUT2D eigenvalue weighted by Gasteiger charge is 2.42. The van der Waals surface area contributed by atoms with E-state index >= 15 is 0 Å². The van der Waals surface area contributed by atoms with E-state index in [0.717, 1.165) is 0 Å². The van der Waals surface area contributed by atoms with E-state index in [4.69, 9.17) is 9.47 Å². The molecule has 0 aromatic carbocycles. The summed E-state index contributed by atoms with van der Waals surface area (Å²) < 4.78 is 11.3. The lowest BCUT2D eigenvalue weighted by Crippen LogP contribution is -2.59. The number of pyridine rings is 1. The number of likely N-dealkylation sites (N-methyl/N-ethyl adjacent to an activating group) is 1. The molecule has 2 amide bonds. The first-order chi connectivity index (χ1) is 10.6. The topological polar surface area (TPSA) is 72.0 Å². The number of amides is 2. The zero-order chi connectivity index (χ0) is 15.6. The van der Waals surface area contributed by atoms with Crippen LogP contribution in [0.15, 0.2) is 24.5 Å². The largest absolute Gasteiger partial charge is 0.368 e. The second-order valence-corrected chi connectivity index (χ2v) is 5.74. The van der Waals surface area contributed by atoms with Gasteiger partial charge in [0.15, 0.2) is 0 Å². The Morgan fingerprint density at radius 2 is 2.27 bits per heavy atom. The van der Waals surface area contributed by atoms with E-state index in [1.54, 1.807) is 41.4 Å². The van der Waals surface area contributed by atoms with Gasteiger partial charge in [-0.1, -0.05) is 0 Å². The zero-order valence-corrected chi connectivity index (χ0v) is 12.5. The Bertz CT molecular complexity index is 565. The van der Waals surface area contributed by atoms with Crippen molar-refractivity contribution >= 4 is 11.8 Å². The molecular weight excluding hydrogens is 286 g/mol. The Morgan fingerprint density at radius 1 is 1.41 bits per heavy atom. The van der Waals surface area contributed by atoms with Crippen LogP contribution in [0.1, 0.15) is 10.4 Å². The molecule has 1 atom stereocenters. The highest BCUT2D eigenvalue weighted by atomic mass is 16.5. The van der Waals surface area contributed by atoms with E-state index in [2.05, 4.69) is 4.98 Å². The zero-order valence-electron chi connectivity index (χ0n) is 12.5. The van der Waals surface area contributed by atoms with Gasteiger partial charge < -0.3 is 19.3 Å². The summed E-state index contributed by atoms with van der Waals surface area (Å²) in [6, 6.07) is 3.49. The van der Waals surface area contributed by atoms with Crippen molar-refractivity contribution in [1.82, 2.24) is 14.8 Å². The van der Waals surface area contributed by atoms with Crippen LogP contribution in [0.2, 0.25) is 0 Å². The molecule has 0 aliphatic carbocycles. The third-order valence-corrected chi connectivity index (χ3v) is 3.99. The predicted octanol–water partition coefficient (Wildman–Crippen LogP) is -0.219. The summed E-state index contributed by atoms with van der Waals surface area (Å²) in [6.45, 7) is 2.13. The number of hydrogen-bond donors (Lipinski definition) is 0. The van der Waals surface area contributed by atoms with E-state index in [0.29, 0.717) is 38.4 Å². The van der Waals surface area contributed by atoms with Crippen molar-refractivity contribution in [2.45, 2.75) is 5.60 Å². The molecular formula is C15H19N3O4. The van der Waals surface area contributed by atoms with E-state index < -0.39 is 5.60 Å². The number of hydrogen-bond acceptors (Lipinski definition) is 5. The van der Waals surface area contributed by atoms with Gasteiger partial charge in [-0.2, -0.15) is 0 Å². The third-order valence-electron chi connectivity index (χ3n) is 3.99. The fraction of sp³-hybridized carbons (Fsp3) is 0.533. The second-order valence-electron chi connectivity index (χ2n) is 5.74. The summed E-state index contributed by atoms with van der Waals surface area (Å²) in [5, 5.41) is 0. The molecule has 0 radical (unpaired) electrons. The normalized spacial score (nSPS) is 26.1. The van der Waals surface area contributed by atoms with Gasteiger partial charge in [0.05, 0.1) is 31.9 Å². The van der Waals surface area contributed by atoms with Crippen LogP contribution in [-0.4, -0.2) is 78.7 Å². The average molecular weight is 305 g/mol. The number of ether oxygens (including phenoxy) is 2. The van der Waals surface area contributed by atoms with Gasteiger partial charge in [0.2, 0.25) is 5.91 Å². The van der Waals surface area contributed by atoms with E-state index in [1.807, 2.05) is 0 Å². The standard InChI is InChI=1S/C15H19N3O4/c1-17-9-15(11-21-8-13(17)19)10-18(5-6-22-15)14(20)12-3-2-4-16-7-12/h2-4,7H,5-6,8-11H2,1H3. The van der Waals surface area contributed by atoms with Crippen molar-refractivity contribution in [3.05, 3.63) is 30.1 Å². The minimum Gasteiger partial charge on any atom is -0.368 e. The molecule has 1 unspecified atom stereocenters. The minimum absolute atomic E-state index is 0.0537. The van der Waals surface area contributed by atoms with Crippen LogP contribution in [0.3, 0.4) is 0 Å². The summed E-state index contributed by atoms with van der Waals surface area (Å²) in [6.07, 6.45) is 3.20. The van der Waals surface area contributed by atoms with Crippen LogP contribution in [0.25, 0.3) is 0 Å². The molecule has 7 nitrogen and oxygen atoms in total. The monoisotopic (exact) mass is 305 g/mol. The number of rotatable bonds is 1. The summed E-state index contributed by atoms with van der Waals surface area (Å²) in [5.74, 6) is -0.148. The van der Waals surface area contributed by atoms with E-state index in [9.17, 15) is 9.59 Å². The summed E-state index contributed by atoms with van der Waals surface area (Å²) >= 11 is 0. The van der Waals surface area contributed by atoms with Gasteiger partial charge >= 0.3 is 0 Å². The molecule has 2 saturated heterocycles. The number of aromatic nitrogens is 1. The molecule has 118 valence electrons. The van der Waals surface area contributed by atoms with E-state index in [1.165, 1.54) is 0 Å². The lowest BCUT2D eigenvalue weighted by Gasteiger charge is -2.42. The van der Waals surface area contributed by atoms with Crippen molar-refractivity contribution in [2.75, 3.05) is 46.5 Å². The molecule has 0 saturated carbocycles. The predicted molar refractivity (Wildman–Crippen MR) is 77.3 cm³/mol. The molecule has 2 fully saturated rings. The van der Waals surface area contributed by atoms with Crippen LogP contribution >= 0.6 is 0 Å². The van der Waals surface area contributed by atoms with E-state index in [-0.39, 0.29) is 18.4 Å². The molecule has 0 N–H and O–H groups in total. The Labute approximate surface area is 128 Å². The average Bonchev–Trinajstić information content (AvgIpc) is 2.67. The number of morpholine rings is 1. The molecule has 22 heavy (non-hydrogen) atoms. The highest BCUT2D eigenvalue weighted by Crippen LogP contribution is 2.23. The minimum atomic E-state index is -0.656. The smallest absolute Gasteiger partial charge is 0.255 e. The maximum Gasteiger partial charge on any atom is 0.255 e. The lowest BCUT2D eigenvalue weighted by molar-refractivity contribution is -0.135. The summed E-state index contributed by atoms with van der Waals surface area (Å²) in [4.78, 5) is 31.6. The molecule has 1 spiro atoms. The fourth-order valence-electron chi connectivity index (χ4n) is 2.87. The molecule has 2 aliphatic rings. The van der Waals surface area contributed by atoms with Crippen molar-refractivity contribution in [2.24, 2.45) is 0 Å². The van der Waals surface area contributed by atoms with Gasteiger partial charge in [0.1, 0.15) is 12.2 Å². The SMILES string of the molecule is CN1CC2(COCC1=O)CN(C(=O)c1cccnc1)CCO2. The van der Waals surface area contributed by atoms with Crippen LogP contribution in [-0.2, 0) is 14.3 Å². The molecule has 3 rings (SSSR count). The third kappa shape index (κ3) is 2.95. The van der Waals surface area contributed by atoms with Gasteiger partial charge in [-0.3, -0.25) is 14.6 Å². The first-order valence-electron chi connectivity index (χ1n) is 7.25. The van der Waals surface area contributed by atoms with Crippen LogP contribution in [0, 0.1) is 0 Å². The van der Waals surface area contributed by atoms with Gasteiger partial charge in [0, 0.05) is 26.0 Å². The lowest BCUT2D eigenvalue weighted by atomic mass is 10.0. The van der Waals surface area contributed by atoms with Crippen molar-refractivity contribution in [3.8, 4) is 0 Å². The maximum atomic E-state index is 12.6. The molecule has 2 aliphatic heterocycles. The van der Waals surface area contributed by atoms with Gasteiger partial charge in [0.25, 0.3) is 5.91 Å². The van der Waals surface area contributed by atoms with Gasteiger partial charge in [-0.15, -0.1) is 0 Å². The highest BCUT2D eigenvalue weighted by molar-refractivity contribution is 5.94. The second kappa shape index (κ2) is 6.02. The Hall–Kier alpha value is -1.99. The number of nitrogens with zero attached hydrogens (tertiary/aromatic N) is 3. The molecule has 1 aromatic heterocycles. The quantitative estimate of drug-likeness (QED) is 0.717. The van der Waals surface area contributed by atoms with Gasteiger partial charge in [-0.05, 0) is 12.1 Å². The van der Waals surface area contributed by atoms with Crippen molar-refractivity contribution in [1.29, 1.82) is 0 Å². The molecule has 0 bridgehead atoms. The van der Waals surface area contributed by atoms with Crippen molar-refractivity contribution < 1.29 is 19.1 Å². The van der Waals surface area contributed by atoms with Crippen molar-refractivity contribution in [3.63, 3.8) is 0 Å². The van der Waals surface area contributed by atoms with Gasteiger partial charge in [-0.25, -0.2) is 0 Å². The Kier molecular flexibility index (Phi) is 4.08. The molecule has 3 heterocycles. The molecule has 1 aromatic rings. The fourth-order valence-corrected chi connectivity index (χ4v) is 2.87.